The molecular formula is C13H11F2NOS. The van der Waals surface area contributed by atoms with Crippen molar-refractivity contribution >= 4 is 17.4 Å². The van der Waals surface area contributed by atoms with E-state index in [1.165, 1.54) is 0 Å². The van der Waals surface area contributed by atoms with Crippen LogP contribution in [0.2, 0.25) is 0 Å². The van der Waals surface area contributed by atoms with Crippen LogP contribution in [0.4, 0.5) is 14.5 Å². The van der Waals surface area contributed by atoms with Crippen LogP contribution in [0.25, 0.3) is 0 Å². The van der Waals surface area contributed by atoms with E-state index in [4.69, 9.17) is 5.73 Å². The predicted molar refractivity (Wildman–Crippen MR) is 68.4 cm³/mol. The van der Waals surface area contributed by atoms with Gasteiger partial charge in [0, 0.05) is 11.4 Å². The molecule has 0 aromatic heterocycles. The summed E-state index contributed by atoms with van der Waals surface area (Å²) in [5.74, 6) is -0.840. The third-order valence-electron chi connectivity index (χ3n) is 2.31. The van der Waals surface area contributed by atoms with Crippen molar-refractivity contribution < 1.29 is 13.9 Å². The summed E-state index contributed by atoms with van der Waals surface area (Å²) in [5.41, 5.74) is 6.18. The lowest BCUT2D eigenvalue weighted by Crippen LogP contribution is -1.93. The van der Waals surface area contributed by atoms with Gasteiger partial charge in [-0.3, -0.25) is 0 Å². The molecule has 0 heterocycles. The Balaban J connectivity index is 2.16. The highest BCUT2D eigenvalue weighted by Gasteiger charge is 2.11. The van der Waals surface area contributed by atoms with Crippen molar-refractivity contribution in [3.63, 3.8) is 0 Å². The fourth-order valence-corrected chi connectivity index (χ4v) is 2.40. The molecule has 2 aromatic carbocycles. The summed E-state index contributed by atoms with van der Waals surface area (Å²) >= 11 is 1.03. The maximum Gasteiger partial charge on any atom is 0.141 e. The number of halogens is 2. The lowest BCUT2D eigenvalue weighted by atomic mass is 10.2. The van der Waals surface area contributed by atoms with Gasteiger partial charge < -0.3 is 10.8 Å². The van der Waals surface area contributed by atoms with E-state index in [2.05, 4.69) is 0 Å². The molecule has 0 aliphatic heterocycles. The molecule has 0 spiro atoms. The zero-order valence-corrected chi connectivity index (χ0v) is 10.2. The zero-order valence-electron chi connectivity index (χ0n) is 9.36. The summed E-state index contributed by atoms with van der Waals surface area (Å²) in [5, 5.41) is 9.28. The molecule has 18 heavy (non-hydrogen) atoms. The molecule has 0 bridgehead atoms. The van der Waals surface area contributed by atoms with Crippen molar-refractivity contribution in [3.8, 4) is 5.75 Å². The first kappa shape index (κ1) is 12.7. The molecule has 94 valence electrons. The highest BCUT2D eigenvalue weighted by molar-refractivity contribution is 7.98. The Labute approximate surface area is 107 Å². The highest BCUT2D eigenvalue weighted by atomic mass is 32.2. The SMILES string of the molecule is Nc1cc(F)c(SCc2cccc(O)c2)c(F)c1. The van der Waals surface area contributed by atoms with Gasteiger partial charge in [0.1, 0.15) is 17.4 Å². The molecule has 0 fully saturated rings. The van der Waals surface area contributed by atoms with Gasteiger partial charge in [-0.2, -0.15) is 0 Å². The van der Waals surface area contributed by atoms with E-state index in [1.807, 2.05) is 0 Å². The number of hydrogen-bond acceptors (Lipinski definition) is 3. The Bertz CT molecular complexity index is 552. The maximum absolute atomic E-state index is 13.5. The van der Waals surface area contributed by atoms with Gasteiger partial charge in [-0.05, 0) is 29.8 Å². The van der Waals surface area contributed by atoms with Gasteiger partial charge in [0.25, 0.3) is 0 Å². The molecule has 0 aliphatic rings. The monoisotopic (exact) mass is 267 g/mol. The predicted octanol–water partition coefficient (Wildman–Crippen LogP) is 3.54. The number of rotatable bonds is 3. The molecule has 0 saturated heterocycles. The van der Waals surface area contributed by atoms with Crippen LogP contribution >= 0.6 is 11.8 Å². The molecule has 0 radical (unpaired) electrons. The number of hydrogen-bond donors (Lipinski definition) is 2. The standard InChI is InChI=1S/C13H11F2NOS/c14-11-5-9(16)6-12(15)13(11)18-7-8-2-1-3-10(17)4-8/h1-6,17H,7,16H2. The summed E-state index contributed by atoms with van der Waals surface area (Å²) in [4.78, 5) is -0.0625. The number of nitrogen functional groups attached to an aromatic ring is 1. The van der Waals surface area contributed by atoms with Gasteiger partial charge in [0.05, 0.1) is 4.90 Å². The topological polar surface area (TPSA) is 46.2 Å². The molecule has 2 aromatic rings. The highest BCUT2D eigenvalue weighted by Crippen LogP contribution is 2.30. The molecular weight excluding hydrogens is 256 g/mol. The van der Waals surface area contributed by atoms with Gasteiger partial charge in [-0.25, -0.2) is 8.78 Å². The third-order valence-corrected chi connectivity index (χ3v) is 3.47. The first-order chi connectivity index (χ1) is 8.56. The fraction of sp³-hybridized carbons (Fsp3) is 0.0769. The number of benzene rings is 2. The van der Waals surface area contributed by atoms with Crippen LogP contribution in [-0.2, 0) is 5.75 Å². The quantitative estimate of drug-likeness (QED) is 0.660. The van der Waals surface area contributed by atoms with Crippen molar-refractivity contribution in [2.24, 2.45) is 0 Å². The van der Waals surface area contributed by atoms with Crippen molar-refractivity contribution in [3.05, 3.63) is 53.6 Å². The van der Waals surface area contributed by atoms with E-state index in [1.54, 1.807) is 24.3 Å². The molecule has 0 amide bonds. The first-order valence-corrected chi connectivity index (χ1v) is 6.20. The van der Waals surface area contributed by atoms with Gasteiger partial charge >= 0.3 is 0 Å². The first-order valence-electron chi connectivity index (χ1n) is 5.21. The van der Waals surface area contributed by atoms with Crippen LogP contribution in [0.3, 0.4) is 0 Å². The van der Waals surface area contributed by atoms with Crippen molar-refractivity contribution in [2.75, 3.05) is 5.73 Å². The van der Waals surface area contributed by atoms with Gasteiger partial charge in [0.2, 0.25) is 0 Å². The number of aromatic hydroxyl groups is 1. The second-order valence-corrected chi connectivity index (χ2v) is 4.76. The molecule has 5 heteroatoms. The number of anilines is 1. The minimum absolute atomic E-state index is 0.0618. The summed E-state index contributed by atoms with van der Waals surface area (Å²) < 4.78 is 27.0. The van der Waals surface area contributed by atoms with Crippen molar-refractivity contribution in [2.45, 2.75) is 10.6 Å². The van der Waals surface area contributed by atoms with E-state index in [9.17, 15) is 13.9 Å². The summed E-state index contributed by atoms with van der Waals surface area (Å²) in [6.07, 6.45) is 0. The van der Waals surface area contributed by atoms with Crippen molar-refractivity contribution in [1.29, 1.82) is 0 Å². The largest absolute Gasteiger partial charge is 0.508 e. The fourth-order valence-electron chi connectivity index (χ4n) is 1.52. The minimum atomic E-state index is -0.669. The average molecular weight is 267 g/mol. The minimum Gasteiger partial charge on any atom is -0.508 e. The second kappa shape index (κ2) is 5.27. The van der Waals surface area contributed by atoms with Gasteiger partial charge in [-0.1, -0.05) is 12.1 Å². The molecule has 2 rings (SSSR count). The number of nitrogens with two attached hydrogens (primary N) is 1. The molecule has 0 aliphatic carbocycles. The lowest BCUT2D eigenvalue weighted by molar-refractivity contribution is 0.475. The Hall–Kier alpha value is -1.75. The van der Waals surface area contributed by atoms with Crippen LogP contribution in [0.1, 0.15) is 5.56 Å². The lowest BCUT2D eigenvalue weighted by Gasteiger charge is -2.06. The summed E-state index contributed by atoms with van der Waals surface area (Å²) in [7, 11) is 0. The van der Waals surface area contributed by atoms with Crippen LogP contribution in [0.5, 0.6) is 5.75 Å². The number of thioether (sulfide) groups is 1. The van der Waals surface area contributed by atoms with E-state index >= 15 is 0 Å². The zero-order chi connectivity index (χ0) is 13.1. The average Bonchev–Trinajstić information content (AvgIpc) is 2.27. The van der Waals surface area contributed by atoms with Crippen LogP contribution in [0, 0.1) is 11.6 Å². The van der Waals surface area contributed by atoms with E-state index in [0.29, 0.717) is 5.75 Å². The Kier molecular flexibility index (Phi) is 3.72. The van der Waals surface area contributed by atoms with Crippen LogP contribution in [-0.4, -0.2) is 5.11 Å². The maximum atomic E-state index is 13.5. The van der Waals surface area contributed by atoms with E-state index < -0.39 is 11.6 Å². The molecule has 0 saturated carbocycles. The van der Waals surface area contributed by atoms with Crippen molar-refractivity contribution in [1.82, 2.24) is 0 Å². The van der Waals surface area contributed by atoms with Crippen LogP contribution in [0.15, 0.2) is 41.3 Å². The third kappa shape index (κ3) is 2.92. The Morgan fingerprint density at radius 2 is 1.78 bits per heavy atom. The van der Waals surface area contributed by atoms with Gasteiger partial charge in [0.15, 0.2) is 0 Å². The number of phenols is 1. The van der Waals surface area contributed by atoms with E-state index in [0.717, 1.165) is 29.5 Å². The Morgan fingerprint density at radius 3 is 2.39 bits per heavy atom. The van der Waals surface area contributed by atoms with Gasteiger partial charge in [-0.15, -0.1) is 11.8 Å². The summed E-state index contributed by atoms with van der Waals surface area (Å²) in [6.45, 7) is 0. The molecule has 0 unspecified atom stereocenters. The molecule has 0 atom stereocenters. The normalized spacial score (nSPS) is 10.6. The molecule has 3 N–H and O–H groups in total. The smallest absolute Gasteiger partial charge is 0.141 e. The second-order valence-electron chi connectivity index (χ2n) is 3.77. The molecule has 2 nitrogen and oxygen atoms in total. The number of phenolic OH excluding ortho intramolecular Hbond substituents is 1. The summed E-state index contributed by atoms with van der Waals surface area (Å²) in [6, 6.07) is 8.74. The Morgan fingerprint density at radius 1 is 1.11 bits per heavy atom. The van der Waals surface area contributed by atoms with E-state index in [-0.39, 0.29) is 16.3 Å². The van der Waals surface area contributed by atoms with Crippen LogP contribution < -0.4 is 5.73 Å².